The number of halogens is 1. The molecule has 1 saturated heterocycles. The van der Waals surface area contributed by atoms with Crippen LogP contribution in [0.3, 0.4) is 0 Å². The molecule has 0 aliphatic carbocycles. The molecule has 1 atom stereocenters. The first kappa shape index (κ1) is 33.6. The number of benzene rings is 3. The smallest absolute Gasteiger partial charge is 0.126 e. The number of aryl methyl sites for hydroxylation is 3. The molecule has 0 bridgehead atoms. The fraction of sp³-hybridized carbons (Fsp3) is 0.474. The molecule has 1 aliphatic rings. The van der Waals surface area contributed by atoms with Crippen molar-refractivity contribution in [3.8, 4) is 11.1 Å². The summed E-state index contributed by atoms with van der Waals surface area (Å²) >= 11 is 0. The summed E-state index contributed by atoms with van der Waals surface area (Å²) in [6.45, 7) is 22.1. The number of rotatable bonds is 11. The molecule has 3 nitrogen and oxygen atoms in total. The van der Waals surface area contributed by atoms with Crippen LogP contribution in [-0.4, -0.2) is 30.6 Å². The number of hydrogen-bond donors (Lipinski definition) is 2. The van der Waals surface area contributed by atoms with E-state index in [1.807, 2.05) is 6.07 Å². The number of piperidine rings is 1. The topological polar surface area (TPSA) is 27.3 Å². The van der Waals surface area contributed by atoms with Gasteiger partial charge in [0, 0.05) is 42.6 Å². The van der Waals surface area contributed by atoms with Gasteiger partial charge in [-0.3, -0.25) is 0 Å². The van der Waals surface area contributed by atoms with Crippen LogP contribution in [0.1, 0.15) is 88.5 Å². The van der Waals surface area contributed by atoms with E-state index in [4.69, 9.17) is 0 Å². The summed E-state index contributed by atoms with van der Waals surface area (Å²) in [6, 6.07) is 21.7. The maximum Gasteiger partial charge on any atom is 0.126 e. The highest BCUT2D eigenvalue weighted by molar-refractivity contribution is 5.65. The monoisotopic (exact) mass is 571 g/mol. The van der Waals surface area contributed by atoms with Gasteiger partial charge in [0.05, 0.1) is 0 Å². The molecule has 2 N–H and O–H groups in total. The molecular weight excluding hydrogens is 517 g/mol. The van der Waals surface area contributed by atoms with Crippen molar-refractivity contribution < 1.29 is 4.39 Å². The summed E-state index contributed by atoms with van der Waals surface area (Å²) in [7, 11) is 0. The van der Waals surface area contributed by atoms with Gasteiger partial charge in [-0.25, -0.2) is 4.39 Å². The summed E-state index contributed by atoms with van der Waals surface area (Å²) in [5.41, 5.74) is 8.76. The predicted molar refractivity (Wildman–Crippen MR) is 181 cm³/mol. The maximum atomic E-state index is 13.7. The lowest BCUT2D eigenvalue weighted by atomic mass is 9.79. The van der Waals surface area contributed by atoms with Crippen molar-refractivity contribution in [3.63, 3.8) is 0 Å². The molecule has 1 heterocycles. The molecule has 4 heteroatoms. The Morgan fingerprint density at radius 2 is 1.50 bits per heavy atom. The Balaban J connectivity index is 0.00000155. The zero-order valence-electron chi connectivity index (χ0n) is 27.2. The van der Waals surface area contributed by atoms with Gasteiger partial charge in [-0.2, -0.15) is 0 Å². The Labute approximate surface area is 255 Å². The van der Waals surface area contributed by atoms with Crippen LogP contribution in [0.2, 0.25) is 0 Å². The van der Waals surface area contributed by atoms with Gasteiger partial charge in [-0.05, 0) is 98.0 Å². The van der Waals surface area contributed by atoms with Crippen LogP contribution in [0.25, 0.3) is 11.1 Å². The molecule has 1 aliphatic heterocycles. The van der Waals surface area contributed by atoms with Gasteiger partial charge in [0.2, 0.25) is 0 Å². The first-order chi connectivity index (χ1) is 20.2. The van der Waals surface area contributed by atoms with Crippen molar-refractivity contribution in [1.29, 1.82) is 0 Å². The third-order valence-electron chi connectivity index (χ3n) is 8.66. The van der Waals surface area contributed by atoms with Crippen molar-refractivity contribution >= 4 is 5.69 Å². The quantitative estimate of drug-likeness (QED) is 0.240. The Bertz CT molecular complexity index is 1270. The van der Waals surface area contributed by atoms with Crippen LogP contribution in [0, 0.1) is 26.6 Å². The van der Waals surface area contributed by atoms with E-state index in [-0.39, 0.29) is 11.4 Å². The molecule has 0 amide bonds. The molecule has 3 aromatic carbocycles. The zero-order chi connectivity index (χ0) is 30.7. The molecule has 42 heavy (non-hydrogen) atoms. The Morgan fingerprint density at radius 1 is 0.857 bits per heavy atom. The normalized spacial score (nSPS) is 15.4. The number of nitrogens with one attached hydrogen (secondary N) is 2. The maximum absolute atomic E-state index is 13.7. The van der Waals surface area contributed by atoms with Crippen molar-refractivity contribution in [1.82, 2.24) is 10.2 Å². The Kier molecular flexibility index (Phi) is 12.8. The lowest BCUT2D eigenvalue weighted by Crippen LogP contribution is -2.53. The number of hydrogen-bond acceptors (Lipinski definition) is 3. The van der Waals surface area contributed by atoms with Gasteiger partial charge in [-0.1, -0.05) is 89.6 Å². The van der Waals surface area contributed by atoms with Crippen molar-refractivity contribution in [2.75, 3.05) is 25.0 Å². The van der Waals surface area contributed by atoms with E-state index in [1.165, 1.54) is 59.6 Å². The average molecular weight is 572 g/mol. The molecule has 228 valence electrons. The van der Waals surface area contributed by atoms with Crippen LogP contribution in [-0.2, 0) is 5.54 Å². The van der Waals surface area contributed by atoms with E-state index >= 15 is 0 Å². The van der Waals surface area contributed by atoms with Crippen molar-refractivity contribution in [2.24, 2.45) is 0 Å². The Hall–Kier alpha value is -2.95. The standard InChI is InChI=1S/C35H46FN3.C3H8/c1-7-9-33(8-2)39-20-18-35(19-21-39,37-24-28(6)38-32-16-17-34(36)27(5)23-32)31-14-12-29(13-15-31)30-11-10-25(3)26(4)22-30;1-3-2/h10-17,22-23,33,37-38H,6-9,18-21,24H2,1-5H3;3H2,1-2H3. The van der Waals surface area contributed by atoms with Gasteiger partial charge in [0.15, 0.2) is 0 Å². The SMILES string of the molecule is C=C(CNC1(c2ccc(-c3ccc(C)c(C)c3)cc2)CCN(C(CC)CCC)CC1)Nc1ccc(F)c(C)c1.CCC. The molecule has 0 radical (unpaired) electrons. The lowest BCUT2D eigenvalue weighted by molar-refractivity contribution is 0.0914. The molecule has 0 aromatic heterocycles. The largest absolute Gasteiger partial charge is 0.358 e. The van der Waals surface area contributed by atoms with Gasteiger partial charge in [-0.15, -0.1) is 0 Å². The highest BCUT2D eigenvalue weighted by atomic mass is 19.1. The number of anilines is 1. The van der Waals surface area contributed by atoms with Gasteiger partial charge < -0.3 is 15.5 Å². The molecular formula is C38H54FN3. The Morgan fingerprint density at radius 3 is 2.07 bits per heavy atom. The molecule has 3 aromatic rings. The lowest BCUT2D eigenvalue weighted by Gasteiger charge is -2.45. The fourth-order valence-corrected chi connectivity index (χ4v) is 5.97. The zero-order valence-corrected chi connectivity index (χ0v) is 27.2. The minimum absolute atomic E-state index is 0.119. The third-order valence-corrected chi connectivity index (χ3v) is 8.66. The highest BCUT2D eigenvalue weighted by Gasteiger charge is 2.37. The van der Waals surface area contributed by atoms with Gasteiger partial charge in [0.25, 0.3) is 0 Å². The van der Waals surface area contributed by atoms with E-state index in [2.05, 4.69) is 106 Å². The summed E-state index contributed by atoms with van der Waals surface area (Å²) < 4.78 is 13.7. The van der Waals surface area contributed by atoms with Gasteiger partial charge >= 0.3 is 0 Å². The molecule has 0 spiro atoms. The minimum Gasteiger partial charge on any atom is -0.358 e. The van der Waals surface area contributed by atoms with E-state index in [9.17, 15) is 4.39 Å². The molecule has 1 fully saturated rings. The van der Waals surface area contributed by atoms with Gasteiger partial charge in [0.1, 0.15) is 5.82 Å². The predicted octanol–water partition coefficient (Wildman–Crippen LogP) is 9.92. The first-order valence-electron chi connectivity index (χ1n) is 16.0. The van der Waals surface area contributed by atoms with Crippen LogP contribution in [0.15, 0.2) is 72.9 Å². The minimum atomic E-state index is -0.187. The van der Waals surface area contributed by atoms with E-state index in [0.29, 0.717) is 18.2 Å². The first-order valence-corrected chi connectivity index (χ1v) is 16.0. The van der Waals surface area contributed by atoms with Crippen LogP contribution in [0.4, 0.5) is 10.1 Å². The average Bonchev–Trinajstić information content (AvgIpc) is 2.99. The fourth-order valence-electron chi connectivity index (χ4n) is 5.97. The van der Waals surface area contributed by atoms with E-state index in [1.54, 1.807) is 13.0 Å². The summed E-state index contributed by atoms with van der Waals surface area (Å²) in [5.74, 6) is -0.187. The molecule has 1 unspecified atom stereocenters. The van der Waals surface area contributed by atoms with Crippen molar-refractivity contribution in [3.05, 3.63) is 101 Å². The summed E-state index contributed by atoms with van der Waals surface area (Å²) in [4.78, 5) is 2.70. The van der Waals surface area contributed by atoms with E-state index < -0.39 is 0 Å². The van der Waals surface area contributed by atoms with E-state index in [0.717, 1.165) is 37.3 Å². The third kappa shape index (κ3) is 8.78. The summed E-state index contributed by atoms with van der Waals surface area (Å²) in [5, 5.41) is 7.30. The second-order valence-electron chi connectivity index (χ2n) is 12.1. The number of nitrogens with zero attached hydrogens (tertiary/aromatic N) is 1. The molecule has 4 rings (SSSR count). The highest BCUT2D eigenvalue weighted by Crippen LogP contribution is 2.36. The van der Waals surface area contributed by atoms with Crippen LogP contribution >= 0.6 is 0 Å². The van der Waals surface area contributed by atoms with Crippen LogP contribution in [0.5, 0.6) is 0 Å². The van der Waals surface area contributed by atoms with Crippen LogP contribution < -0.4 is 10.6 Å². The number of likely N-dealkylation sites (tertiary alicyclic amines) is 1. The second-order valence-corrected chi connectivity index (χ2v) is 12.1. The van der Waals surface area contributed by atoms with Crippen molar-refractivity contribution in [2.45, 2.75) is 98.6 Å². The summed E-state index contributed by atoms with van der Waals surface area (Å²) in [6.07, 6.45) is 7.06. The molecule has 0 saturated carbocycles. The second kappa shape index (κ2) is 16.0.